The van der Waals surface area contributed by atoms with Gasteiger partial charge in [-0.25, -0.2) is 0 Å². The number of rotatable bonds is 4. The van der Waals surface area contributed by atoms with Crippen LogP contribution in [-0.2, 0) is 6.42 Å². The van der Waals surface area contributed by atoms with Gasteiger partial charge < -0.3 is 0 Å². The van der Waals surface area contributed by atoms with Crippen molar-refractivity contribution < 1.29 is 0 Å². The van der Waals surface area contributed by atoms with Crippen LogP contribution in [0.3, 0.4) is 0 Å². The first kappa shape index (κ1) is 16.8. The molecule has 1 aliphatic carbocycles. The van der Waals surface area contributed by atoms with Gasteiger partial charge in [0.15, 0.2) is 0 Å². The first-order valence-corrected chi connectivity index (χ1v) is 8.49. The number of benzene rings is 1. The highest BCUT2D eigenvalue weighted by atomic mass is 14.3. The van der Waals surface area contributed by atoms with Gasteiger partial charge in [-0.3, -0.25) is 0 Å². The van der Waals surface area contributed by atoms with Crippen LogP contribution in [0.1, 0.15) is 58.1 Å². The molecule has 0 heterocycles. The molecule has 0 fully saturated rings. The minimum Gasteiger partial charge on any atom is -0.0772 e. The Morgan fingerprint density at radius 2 is 1.82 bits per heavy atom. The molecule has 0 aliphatic heterocycles. The second kappa shape index (κ2) is 7.13. The van der Waals surface area contributed by atoms with Crippen LogP contribution < -0.4 is 0 Å². The zero-order chi connectivity index (χ0) is 16.2. The third-order valence-electron chi connectivity index (χ3n) is 4.84. The molecule has 2 rings (SSSR count). The van der Waals surface area contributed by atoms with Gasteiger partial charge in [-0.2, -0.15) is 0 Å². The maximum atomic E-state index is 2.38. The van der Waals surface area contributed by atoms with E-state index in [0.29, 0.717) is 5.41 Å². The second-order valence-electron chi connectivity index (χ2n) is 7.40. The number of hydrogen-bond acceptors (Lipinski definition) is 0. The second-order valence-corrected chi connectivity index (χ2v) is 7.40. The van der Waals surface area contributed by atoms with Gasteiger partial charge in [-0.05, 0) is 63.0 Å². The van der Waals surface area contributed by atoms with Crippen molar-refractivity contribution in [2.24, 2.45) is 5.41 Å². The van der Waals surface area contributed by atoms with Gasteiger partial charge in [0.1, 0.15) is 0 Å². The minimum absolute atomic E-state index is 0.329. The molecule has 0 atom stereocenters. The Kier molecular flexibility index (Phi) is 5.45. The third kappa shape index (κ3) is 4.47. The molecule has 0 unspecified atom stereocenters. The van der Waals surface area contributed by atoms with Crippen molar-refractivity contribution in [1.82, 2.24) is 0 Å². The molecule has 118 valence electrons. The largest absolute Gasteiger partial charge is 0.0772 e. The predicted molar refractivity (Wildman–Crippen MR) is 98.1 cm³/mol. The lowest BCUT2D eigenvalue weighted by atomic mass is 9.72. The smallest absolute Gasteiger partial charge is 0.00917 e. The van der Waals surface area contributed by atoms with Crippen LogP contribution in [0, 0.1) is 12.3 Å². The molecule has 0 amide bonds. The van der Waals surface area contributed by atoms with Crippen molar-refractivity contribution in [3.05, 3.63) is 70.3 Å². The van der Waals surface area contributed by atoms with Crippen LogP contribution in [0.5, 0.6) is 0 Å². The van der Waals surface area contributed by atoms with Crippen LogP contribution in [0.4, 0.5) is 0 Å². The van der Waals surface area contributed by atoms with Crippen molar-refractivity contribution in [1.29, 1.82) is 0 Å². The highest BCUT2D eigenvalue weighted by Crippen LogP contribution is 2.40. The van der Waals surface area contributed by atoms with E-state index in [-0.39, 0.29) is 0 Å². The molecule has 1 aliphatic rings. The van der Waals surface area contributed by atoms with Crippen molar-refractivity contribution in [2.75, 3.05) is 0 Å². The van der Waals surface area contributed by atoms with Crippen LogP contribution in [0.15, 0.2) is 59.2 Å². The minimum atomic E-state index is 0.329. The lowest BCUT2D eigenvalue weighted by molar-refractivity contribution is 0.377. The first-order valence-electron chi connectivity index (χ1n) is 8.49. The molecule has 1 aromatic rings. The first-order chi connectivity index (χ1) is 10.4. The molecule has 0 heteroatoms. The fourth-order valence-corrected chi connectivity index (χ4v) is 3.30. The summed E-state index contributed by atoms with van der Waals surface area (Å²) in [5.74, 6) is 0. The van der Waals surface area contributed by atoms with Crippen molar-refractivity contribution in [3.63, 3.8) is 0 Å². The Hall–Kier alpha value is -1.56. The summed E-state index contributed by atoms with van der Waals surface area (Å²) in [7, 11) is 0. The summed E-state index contributed by atoms with van der Waals surface area (Å²) in [6, 6.07) is 8.82. The molecule has 0 spiro atoms. The Balaban J connectivity index is 2.05. The zero-order valence-corrected chi connectivity index (χ0v) is 14.9. The van der Waals surface area contributed by atoms with Gasteiger partial charge in [-0.1, -0.05) is 73.1 Å². The molecule has 0 saturated carbocycles. The van der Waals surface area contributed by atoms with Gasteiger partial charge in [0, 0.05) is 0 Å². The monoisotopic (exact) mass is 294 g/mol. The Morgan fingerprint density at radius 3 is 2.45 bits per heavy atom. The van der Waals surface area contributed by atoms with E-state index in [1.54, 1.807) is 11.1 Å². The third-order valence-corrected chi connectivity index (χ3v) is 4.84. The average molecular weight is 294 g/mol. The molecule has 22 heavy (non-hydrogen) atoms. The quantitative estimate of drug-likeness (QED) is 0.551. The fraction of sp³-hybridized carbons (Fsp3) is 0.455. The normalized spacial score (nSPS) is 19.0. The van der Waals surface area contributed by atoms with E-state index >= 15 is 0 Å². The van der Waals surface area contributed by atoms with Crippen molar-refractivity contribution >= 4 is 0 Å². The lowest BCUT2D eigenvalue weighted by Gasteiger charge is -2.32. The number of hydrogen-bond donors (Lipinski definition) is 0. The van der Waals surface area contributed by atoms with Gasteiger partial charge in [-0.15, -0.1) is 0 Å². The Morgan fingerprint density at radius 1 is 1.14 bits per heavy atom. The molecule has 1 aromatic carbocycles. The standard InChI is InChI=1S/C22H30/c1-17-8-12-20(13-9-17)14-10-18(2)11-15-21-19(3)7-6-16-22(21,4)5/h8-13,15H,6-7,14,16H2,1-5H3/b15-11+,18-10-. The fourth-order valence-electron chi connectivity index (χ4n) is 3.30. The maximum absolute atomic E-state index is 2.38. The maximum Gasteiger partial charge on any atom is -0.00917 e. The summed E-state index contributed by atoms with van der Waals surface area (Å²) in [5, 5.41) is 0. The summed E-state index contributed by atoms with van der Waals surface area (Å²) >= 11 is 0. The van der Waals surface area contributed by atoms with E-state index in [0.717, 1.165) is 6.42 Å². The molecule has 0 N–H and O–H groups in total. The van der Waals surface area contributed by atoms with E-state index in [1.807, 2.05) is 0 Å². The van der Waals surface area contributed by atoms with Crippen molar-refractivity contribution in [3.8, 4) is 0 Å². The molecule has 0 bridgehead atoms. The highest BCUT2D eigenvalue weighted by Gasteiger charge is 2.26. The van der Waals surface area contributed by atoms with E-state index in [1.165, 1.54) is 36.0 Å². The number of aryl methyl sites for hydroxylation is 1. The highest BCUT2D eigenvalue weighted by molar-refractivity contribution is 5.36. The van der Waals surface area contributed by atoms with Crippen LogP contribution in [0.25, 0.3) is 0 Å². The predicted octanol–water partition coefficient (Wildman–Crippen LogP) is 6.57. The molecular weight excluding hydrogens is 264 g/mol. The SMILES string of the molecule is CC1=C(/C=C/C(C)=C\Cc2ccc(C)cc2)C(C)(C)CCC1. The van der Waals surface area contributed by atoms with Crippen LogP contribution in [0.2, 0.25) is 0 Å². The summed E-state index contributed by atoms with van der Waals surface area (Å²) in [6.07, 6.45) is 11.9. The molecule has 0 saturated heterocycles. The Labute approximate surface area is 136 Å². The zero-order valence-electron chi connectivity index (χ0n) is 14.9. The van der Waals surface area contributed by atoms with E-state index in [2.05, 4.69) is 77.1 Å². The van der Waals surface area contributed by atoms with E-state index in [9.17, 15) is 0 Å². The van der Waals surface area contributed by atoms with Crippen molar-refractivity contribution in [2.45, 2.75) is 60.3 Å². The lowest BCUT2D eigenvalue weighted by Crippen LogP contribution is -2.19. The van der Waals surface area contributed by atoms with Gasteiger partial charge in [0.2, 0.25) is 0 Å². The Bertz CT molecular complexity index is 591. The molecular formula is C22H30. The number of allylic oxidation sites excluding steroid dienone is 6. The average Bonchev–Trinajstić information content (AvgIpc) is 2.45. The summed E-state index contributed by atoms with van der Waals surface area (Å²) in [4.78, 5) is 0. The van der Waals surface area contributed by atoms with Gasteiger partial charge in [0.05, 0.1) is 0 Å². The molecule has 0 nitrogen and oxygen atoms in total. The van der Waals surface area contributed by atoms with Gasteiger partial charge >= 0.3 is 0 Å². The van der Waals surface area contributed by atoms with E-state index < -0.39 is 0 Å². The molecule has 0 aromatic heterocycles. The molecule has 0 radical (unpaired) electrons. The summed E-state index contributed by atoms with van der Waals surface area (Å²) < 4.78 is 0. The van der Waals surface area contributed by atoms with Gasteiger partial charge in [0.25, 0.3) is 0 Å². The summed E-state index contributed by atoms with van der Waals surface area (Å²) in [5.41, 5.74) is 7.50. The van der Waals surface area contributed by atoms with E-state index in [4.69, 9.17) is 0 Å². The summed E-state index contributed by atoms with van der Waals surface area (Å²) in [6.45, 7) is 11.4. The topological polar surface area (TPSA) is 0 Å². The van der Waals surface area contributed by atoms with Crippen LogP contribution >= 0.6 is 0 Å². The van der Waals surface area contributed by atoms with Crippen LogP contribution in [-0.4, -0.2) is 0 Å².